The molecule has 7 heteroatoms. The average molecular weight is 481 g/mol. The topological polar surface area (TPSA) is 54.0 Å². The van der Waals surface area contributed by atoms with Gasteiger partial charge in [0, 0.05) is 19.4 Å². The number of carbonyl (C=O) groups excluding carboxylic acids is 1. The lowest BCUT2D eigenvalue weighted by atomic mass is 10.1. The van der Waals surface area contributed by atoms with Crippen molar-refractivity contribution >= 4 is 32.0 Å². The number of allylic oxidation sites excluding steroid dienone is 1. The van der Waals surface area contributed by atoms with Crippen molar-refractivity contribution in [2.45, 2.75) is 84.4 Å². The molecule has 178 valence electrons. The van der Waals surface area contributed by atoms with E-state index >= 15 is 0 Å². The Hall–Kier alpha value is -1.76. The molecule has 0 aromatic heterocycles. The number of ether oxygens (including phenoxy) is 3. The minimum Gasteiger partial charge on any atom is -0.495 e. The number of hydrogen-bond donors (Lipinski definition) is 0. The fourth-order valence-electron chi connectivity index (χ4n) is 4.75. The van der Waals surface area contributed by atoms with E-state index in [4.69, 9.17) is 30.2 Å². The van der Waals surface area contributed by atoms with Crippen LogP contribution in [0.5, 0.6) is 5.75 Å². The number of benzene rings is 1. The first-order valence-electron chi connectivity index (χ1n) is 11.1. The molecule has 0 saturated carbocycles. The average Bonchev–Trinajstić information content (AvgIpc) is 2.65. The van der Waals surface area contributed by atoms with Crippen LogP contribution in [0.1, 0.15) is 66.5 Å². The van der Waals surface area contributed by atoms with Gasteiger partial charge in [-0.25, -0.2) is 4.79 Å². The number of rotatable bonds is 9. The van der Waals surface area contributed by atoms with E-state index in [9.17, 15) is 4.79 Å². The zero-order valence-electron chi connectivity index (χ0n) is 20.7. The molecule has 5 nitrogen and oxygen atoms in total. The van der Waals surface area contributed by atoms with Gasteiger partial charge in [0.05, 0.1) is 24.8 Å². The number of methoxy groups -OCH3 is 1. The SMILES string of the molecule is COc1ccc(/C=C\C2=CC(=O)OC(C)(C)O2)c(CO[Si](C(C)C)(C(C)C)C(C)C)c1Cl. The van der Waals surface area contributed by atoms with Crippen LogP contribution in [-0.2, 0) is 25.3 Å². The number of halogens is 1. The second-order valence-corrected chi connectivity index (χ2v) is 15.4. The highest BCUT2D eigenvalue weighted by Crippen LogP contribution is 2.44. The molecule has 32 heavy (non-hydrogen) atoms. The van der Waals surface area contributed by atoms with Crippen molar-refractivity contribution in [2.75, 3.05) is 7.11 Å². The third-order valence-corrected chi connectivity index (χ3v) is 12.5. The van der Waals surface area contributed by atoms with Crippen molar-refractivity contribution in [1.82, 2.24) is 0 Å². The Bertz CT molecular complexity index is 865. The highest BCUT2D eigenvalue weighted by Gasteiger charge is 2.45. The fourth-order valence-corrected chi connectivity index (χ4v) is 10.4. The van der Waals surface area contributed by atoms with Gasteiger partial charge in [0.15, 0.2) is 0 Å². The minimum atomic E-state index is -2.09. The zero-order chi connectivity index (χ0) is 24.3. The Morgan fingerprint density at radius 3 is 2.12 bits per heavy atom. The van der Waals surface area contributed by atoms with E-state index in [0.717, 1.165) is 11.1 Å². The predicted octanol–water partition coefficient (Wildman–Crippen LogP) is 7.25. The largest absolute Gasteiger partial charge is 0.495 e. The molecule has 0 spiro atoms. The zero-order valence-corrected chi connectivity index (χ0v) is 22.5. The maximum absolute atomic E-state index is 11.8. The number of carbonyl (C=O) groups is 1. The molecule has 0 unspecified atom stereocenters. The lowest BCUT2D eigenvalue weighted by Crippen LogP contribution is -2.47. The van der Waals surface area contributed by atoms with Gasteiger partial charge in [0.25, 0.3) is 0 Å². The standard InChI is InChI=1S/C25H37ClO5Si/c1-16(2)32(17(3)4,18(5)6)29-15-21-19(11-13-22(28-9)24(21)26)10-12-20-14-23(27)31-25(7,8)30-20/h10-14,16-18H,15H2,1-9H3/b12-10-. The molecule has 1 heterocycles. The fraction of sp³-hybridized carbons (Fsp3) is 0.560. The molecule has 0 N–H and O–H groups in total. The van der Waals surface area contributed by atoms with E-state index < -0.39 is 20.1 Å². The van der Waals surface area contributed by atoms with Crippen molar-refractivity contribution in [3.05, 3.63) is 46.2 Å². The number of hydrogen-bond acceptors (Lipinski definition) is 5. The third kappa shape index (κ3) is 5.77. The Morgan fingerprint density at radius 1 is 1.03 bits per heavy atom. The van der Waals surface area contributed by atoms with Crippen LogP contribution in [0, 0.1) is 0 Å². The van der Waals surface area contributed by atoms with E-state index in [0.29, 0.717) is 39.8 Å². The summed E-state index contributed by atoms with van der Waals surface area (Å²) in [6, 6.07) is 3.77. The van der Waals surface area contributed by atoms with Crippen LogP contribution in [0.3, 0.4) is 0 Å². The van der Waals surface area contributed by atoms with Gasteiger partial charge in [0.1, 0.15) is 11.5 Å². The van der Waals surface area contributed by atoms with Crippen molar-refractivity contribution in [3.63, 3.8) is 0 Å². The van der Waals surface area contributed by atoms with Gasteiger partial charge >= 0.3 is 5.97 Å². The molecule has 2 rings (SSSR count). The molecule has 1 aliphatic heterocycles. The van der Waals surface area contributed by atoms with Crippen LogP contribution in [-0.4, -0.2) is 27.2 Å². The van der Waals surface area contributed by atoms with Crippen LogP contribution in [0.4, 0.5) is 0 Å². The van der Waals surface area contributed by atoms with Crippen LogP contribution in [0.2, 0.25) is 21.6 Å². The molecule has 0 amide bonds. The van der Waals surface area contributed by atoms with Gasteiger partial charge in [-0.3, -0.25) is 0 Å². The minimum absolute atomic E-state index is 0.393. The molecule has 1 aromatic rings. The summed E-state index contributed by atoms with van der Waals surface area (Å²) >= 11 is 6.73. The Labute approximate surface area is 198 Å². The van der Waals surface area contributed by atoms with Gasteiger partial charge < -0.3 is 18.6 Å². The first-order chi connectivity index (χ1) is 14.8. The lowest BCUT2D eigenvalue weighted by Gasteiger charge is -2.42. The van der Waals surface area contributed by atoms with Gasteiger partial charge in [-0.2, -0.15) is 0 Å². The third-order valence-electron chi connectivity index (χ3n) is 6.03. The van der Waals surface area contributed by atoms with E-state index in [2.05, 4.69) is 41.5 Å². The highest BCUT2D eigenvalue weighted by atomic mass is 35.5. The van der Waals surface area contributed by atoms with Crippen molar-refractivity contribution in [2.24, 2.45) is 0 Å². The van der Waals surface area contributed by atoms with E-state index in [1.54, 1.807) is 27.0 Å². The summed E-state index contributed by atoms with van der Waals surface area (Å²) in [5.41, 5.74) is 3.12. The van der Waals surface area contributed by atoms with Gasteiger partial charge in [-0.1, -0.05) is 65.3 Å². The van der Waals surface area contributed by atoms with Gasteiger partial charge in [-0.05, 0) is 34.3 Å². The summed E-state index contributed by atoms with van der Waals surface area (Å²) in [6.07, 6.45) is 4.97. The Balaban J connectivity index is 2.43. The quantitative estimate of drug-likeness (QED) is 0.275. The summed E-state index contributed by atoms with van der Waals surface area (Å²) in [5, 5.41) is 0.534. The van der Waals surface area contributed by atoms with Gasteiger partial charge in [0.2, 0.25) is 14.1 Å². The maximum atomic E-state index is 11.8. The van der Waals surface area contributed by atoms with Crippen LogP contribution >= 0.6 is 11.6 Å². The molecule has 1 aliphatic rings. The molecule has 0 aliphatic carbocycles. The van der Waals surface area contributed by atoms with Crippen molar-refractivity contribution in [3.8, 4) is 5.75 Å². The van der Waals surface area contributed by atoms with Crippen LogP contribution in [0.25, 0.3) is 6.08 Å². The van der Waals surface area contributed by atoms with Crippen LogP contribution < -0.4 is 4.74 Å². The molecule has 0 atom stereocenters. The molecular formula is C25H37ClO5Si. The van der Waals surface area contributed by atoms with Crippen molar-refractivity contribution < 1.29 is 23.4 Å². The normalized spacial score (nSPS) is 16.5. The molecular weight excluding hydrogens is 444 g/mol. The predicted molar refractivity (Wildman–Crippen MR) is 132 cm³/mol. The number of esters is 1. The molecule has 0 saturated heterocycles. The summed E-state index contributed by atoms with van der Waals surface area (Å²) in [4.78, 5) is 11.8. The molecule has 1 aromatic carbocycles. The highest BCUT2D eigenvalue weighted by molar-refractivity contribution is 6.77. The van der Waals surface area contributed by atoms with E-state index in [1.165, 1.54) is 6.08 Å². The van der Waals surface area contributed by atoms with Crippen molar-refractivity contribution in [1.29, 1.82) is 0 Å². The monoisotopic (exact) mass is 480 g/mol. The number of cyclic esters (lactones) is 1. The van der Waals surface area contributed by atoms with Gasteiger partial charge in [-0.15, -0.1) is 0 Å². The summed E-state index contributed by atoms with van der Waals surface area (Å²) in [6.45, 7) is 17.3. The molecule has 0 fully saturated rings. The second kappa shape index (κ2) is 10.4. The van der Waals surface area contributed by atoms with Crippen LogP contribution in [0.15, 0.2) is 30.0 Å². The first kappa shape index (κ1) is 26.5. The Kier molecular flexibility index (Phi) is 8.65. The van der Waals surface area contributed by atoms with E-state index in [-0.39, 0.29) is 0 Å². The summed E-state index contributed by atoms with van der Waals surface area (Å²) in [7, 11) is -0.486. The molecule has 0 bridgehead atoms. The first-order valence-corrected chi connectivity index (χ1v) is 13.7. The Morgan fingerprint density at radius 2 is 1.62 bits per heavy atom. The summed E-state index contributed by atoms with van der Waals surface area (Å²) in [5.74, 6) is -0.406. The second-order valence-electron chi connectivity index (χ2n) is 9.56. The lowest BCUT2D eigenvalue weighted by molar-refractivity contribution is -0.203. The smallest absolute Gasteiger partial charge is 0.337 e. The van der Waals surface area contributed by atoms with E-state index in [1.807, 2.05) is 18.2 Å². The maximum Gasteiger partial charge on any atom is 0.337 e. The summed E-state index contributed by atoms with van der Waals surface area (Å²) < 4.78 is 23.1. The molecule has 0 radical (unpaired) electrons.